The van der Waals surface area contributed by atoms with E-state index in [0.717, 1.165) is 67.7 Å². The number of rotatable bonds is 8. The molecule has 0 spiro atoms. The molecule has 1 aromatic heterocycles. The molecule has 13 heteroatoms. The number of benzene rings is 2. The van der Waals surface area contributed by atoms with E-state index in [9.17, 15) is 27.2 Å². The maximum absolute atomic E-state index is 13.5. The maximum Gasteiger partial charge on any atom is 0.328 e. The van der Waals surface area contributed by atoms with Crippen LogP contribution in [0.4, 0.5) is 9.18 Å². The van der Waals surface area contributed by atoms with Crippen LogP contribution in [0.15, 0.2) is 65.7 Å². The minimum Gasteiger partial charge on any atom is -0.478 e. The molecule has 0 atom stereocenters. The second-order valence-corrected chi connectivity index (χ2v) is 12.2. The van der Waals surface area contributed by atoms with Crippen molar-refractivity contribution >= 4 is 38.7 Å². The number of hydrogen-bond donors (Lipinski definition) is 3. The van der Waals surface area contributed by atoms with E-state index in [1.54, 1.807) is 24.3 Å². The van der Waals surface area contributed by atoms with Crippen LogP contribution in [-0.2, 0) is 19.4 Å². The van der Waals surface area contributed by atoms with Gasteiger partial charge in [0.05, 0.1) is 10.4 Å². The van der Waals surface area contributed by atoms with Crippen molar-refractivity contribution in [3.05, 3.63) is 72.2 Å². The Morgan fingerprint density at radius 2 is 1.64 bits per heavy atom. The number of nitrogens with one attached hydrogen (secondary N) is 1. The summed E-state index contributed by atoms with van der Waals surface area (Å²) in [4.78, 5) is 35.4. The summed E-state index contributed by atoms with van der Waals surface area (Å²) < 4.78 is 40.0. The van der Waals surface area contributed by atoms with Gasteiger partial charge in [-0.25, -0.2) is 27.2 Å². The number of likely N-dealkylation sites (tertiary alicyclic amines) is 1. The summed E-state index contributed by atoms with van der Waals surface area (Å²) >= 11 is 0. The van der Waals surface area contributed by atoms with Crippen LogP contribution in [0.5, 0.6) is 0 Å². The number of carboxylic acid groups (broad SMARTS) is 2. The quantitative estimate of drug-likeness (QED) is 0.334. The van der Waals surface area contributed by atoms with Gasteiger partial charge in [0.1, 0.15) is 5.82 Å². The van der Waals surface area contributed by atoms with E-state index in [1.807, 2.05) is 15.5 Å². The number of carbonyl (C=O) groups is 3. The van der Waals surface area contributed by atoms with Gasteiger partial charge in [-0.1, -0.05) is 0 Å². The van der Waals surface area contributed by atoms with Crippen molar-refractivity contribution in [2.45, 2.75) is 23.7 Å². The van der Waals surface area contributed by atoms with Gasteiger partial charge in [-0.15, -0.1) is 0 Å². The number of aromatic nitrogens is 1. The Kier molecular flexibility index (Phi) is 9.63. The largest absolute Gasteiger partial charge is 0.478 e. The standard InChI is InChI=1S/C25H29FN4O3S.C4H4O4/c1-34(32,33)21-6-7-24-22(16-21)23(17-30(24)20-4-2-19(26)3-5-20)18-8-11-28(12-9-18)14-15-29-13-10-27-25(29)31;5-3(6)1-2-4(7)8/h2-7,16-18H,8-15H2,1H3,(H,27,31);1-2H,(H,5,6)(H,7,8)/b;2-1+. The molecule has 3 N–H and O–H groups in total. The van der Waals surface area contributed by atoms with Gasteiger partial charge in [0, 0.05) is 61.9 Å². The average Bonchev–Trinajstić information content (AvgIpc) is 3.54. The van der Waals surface area contributed by atoms with Crippen molar-refractivity contribution in [2.24, 2.45) is 0 Å². The van der Waals surface area contributed by atoms with Crippen molar-refractivity contribution in [3.63, 3.8) is 0 Å². The number of nitrogens with zero attached hydrogens (tertiary/aromatic N) is 3. The number of fused-ring (bicyclic) bond motifs is 1. The number of hydrogen-bond acceptors (Lipinski definition) is 6. The zero-order valence-electron chi connectivity index (χ0n) is 23.1. The summed E-state index contributed by atoms with van der Waals surface area (Å²) in [5.41, 5.74) is 2.88. The monoisotopic (exact) mass is 600 g/mol. The van der Waals surface area contributed by atoms with E-state index in [0.29, 0.717) is 29.5 Å². The molecule has 0 radical (unpaired) electrons. The lowest BCUT2D eigenvalue weighted by atomic mass is 9.89. The number of carboxylic acids is 2. The summed E-state index contributed by atoms with van der Waals surface area (Å²) in [5.74, 6) is -2.51. The third kappa shape index (κ3) is 7.74. The average molecular weight is 601 g/mol. The fourth-order valence-corrected chi connectivity index (χ4v) is 5.85. The molecule has 0 bridgehead atoms. The molecule has 11 nitrogen and oxygen atoms in total. The first-order valence-corrected chi connectivity index (χ1v) is 15.3. The van der Waals surface area contributed by atoms with Crippen LogP contribution in [0.25, 0.3) is 16.6 Å². The van der Waals surface area contributed by atoms with Gasteiger partial charge in [0.2, 0.25) is 0 Å². The summed E-state index contributed by atoms with van der Waals surface area (Å²) in [6, 6.07) is 11.6. The third-order valence-electron chi connectivity index (χ3n) is 7.37. The number of piperidine rings is 1. The van der Waals surface area contributed by atoms with Gasteiger partial charge in [0.15, 0.2) is 9.84 Å². The highest BCUT2D eigenvalue weighted by molar-refractivity contribution is 7.90. The van der Waals surface area contributed by atoms with Crippen molar-refractivity contribution in [3.8, 4) is 5.69 Å². The van der Waals surface area contributed by atoms with Gasteiger partial charge in [-0.3, -0.25) is 0 Å². The Morgan fingerprint density at radius 3 is 2.19 bits per heavy atom. The Hall–Kier alpha value is -4.23. The number of aliphatic carboxylic acids is 2. The predicted molar refractivity (Wildman–Crippen MR) is 154 cm³/mol. The summed E-state index contributed by atoms with van der Waals surface area (Å²) in [6.45, 7) is 4.92. The molecule has 3 aromatic rings. The fourth-order valence-electron chi connectivity index (χ4n) is 5.20. The van der Waals surface area contributed by atoms with Crippen molar-refractivity contribution in [2.75, 3.05) is 45.5 Å². The van der Waals surface area contributed by atoms with Crippen LogP contribution in [0, 0.1) is 5.82 Å². The second kappa shape index (κ2) is 13.2. The van der Waals surface area contributed by atoms with Crippen LogP contribution >= 0.6 is 0 Å². The first-order valence-electron chi connectivity index (χ1n) is 13.4. The zero-order chi connectivity index (χ0) is 30.4. The second-order valence-electron chi connectivity index (χ2n) is 10.2. The highest BCUT2D eigenvalue weighted by Gasteiger charge is 2.26. The van der Waals surface area contributed by atoms with Gasteiger partial charge in [-0.2, -0.15) is 0 Å². The number of carbonyl (C=O) groups excluding carboxylic acids is 1. The van der Waals surface area contributed by atoms with Crippen LogP contribution < -0.4 is 5.32 Å². The van der Waals surface area contributed by atoms with Gasteiger partial charge >= 0.3 is 18.0 Å². The molecule has 2 aliphatic rings. The molecule has 2 aliphatic heterocycles. The summed E-state index contributed by atoms with van der Waals surface area (Å²) in [7, 11) is -3.34. The van der Waals surface area contributed by atoms with E-state index in [-0.39, 0.29) is 11.8 Å². The minimum atomic E-state index is -3.34. The lowest BCUT2D eigenvalue weighted by molar-refractivity contribution is -0.134. The van der Waals surface area contributed by atoms with Gasteiger partial charge < -0.3 is 29.9 Å². The molecule has 5 rings (SSSR count). The SMILES string of the molecule is CS(=O)(=O)c1ccc2c(c1)c(C1CCN(CCN3CCNC3=O)CC1)cn2-c1ccc(F)cc1.O=C(O)/C=C/C(=O)O. The summed E-state index contributed by atoms with van der Waals surface area (Å²) in [5, 5.41) is 19.4. The zero-order valence-corrected chi connectivity index (χ0v) is 23.9. The molecule has 2 saturated heterocycles. The molecular weight excluding hydrogens is 567 g/mol. The van der Waals surface area contributed by atoms with E-state index in [2.05, 4.69) is 16.4 Å². The predicted octanol–water partition coefficient (Wildman–Crippen LogP) is 3.09. The molecule has 2 fully saturated rings. The van der Waals surface area contributed by atoms with E-state index < -0.39 is 21.8 Å². The van der Waals surface area contributed by atoms with Crippen LogP contribution in [-0.4, -0.2) is 96.5 Å². The molecule has 0 saturated carbocycles. The number of amides is 2. The van der Waals surface area contributed by atoms with E-state index >= 15 is 0 Å². The Labute approximate surface area is 242 Å². The van der Waals surface area contributed by atoms with Gasteiger partial charge in [0.25, 0.3) is 0 Å². The molecule has 42 heavy (non-hydrogen) atoms. The highest BCUT2D eigenvalue weighted by atomic mass is 32.2. The first-order chi connectivity index (χ1) is 19.9. The van der Waals surface area contributed by atoms with E-state index in [1.165, 1.54) is 18.4 Å². The minimum absolute atomic E-state index is 0.0187. The van der Waals surface area contributed by atoms with E-state index in [4.69, 9.17) is 10.2 Å². The molecule has 0 aliphatic carbocycles. The van der Waals surface area contributed by atoms with Crippen molar-refractivity contribution in [1.29, 1.82) is 0 Å². The van der Waals surface area contributed by atoms with Gasteiger partial charge in [-0.05, 0) is 79.9 Å². The molecule has 224 valence electrons. The first kappa shape index (κ1) is 30.7. The number of sulfone groups is 1. The Morgan fingerprint density at radius 1 is 1.00 bits per heavy atom. The van der Waals surface area contributed by atoms with Crippen molar-refractivity contribution < 1.29 is 37.4 Å². The molecule has 3 heterocycles. The molecular formula is C29H33FN4O7S. The maximum atomic E-state index is 13.5. The molecule has 0 unspecified atom stereocenters. The number of halogens is 1. The van der Waals surface area contributed by atoms with Crippen molar-refractivity contribution in [1.82, 2.24) is 19.7 Å². The number of urea groups is 1. The topological polar surface area (TPSA) is 149 Å². The lowest BCUT2D eigenvalue weighted by Crippen LogP contribution is -2.40. The molecule has 2 aromatic carbocycles. The molecule has 2 amide bonds. The summed E-state index contributed by atoms with van der Waals surface area (Å²) in [6.07, 6.45) is 6.34. The lowest BCUT2D eigenvalue weighted by Gasteiger charge is -2.32. The highest BCUT2D eigenvalue weighted by Crippen LogP contribution is 2.37. The Bertz CT molecular complexity index is 1580. The third-order valence-corrected chi connectivity index (χ3v) is 8.48. The van der Waals surface area contributed by atoms with Crippen LogP contribution in [0.1, 0.15) is 24.3 Å². The Balaban J connectivity index is 0.000000446. The van der Waals surface area contributed by atoms with Crippen LogP contribution in [0.2, 0.25) is 0 Å². The fraction of sp³-hybridized carbons (Fsp3) is 0.345. The van der Waals surface area contributed by atoms with Crippen LogP contribution in [0.3, 0.4) is 0 Å². The smallest absolute Gasteiger partial charge is 0.328 e. The normalized spacial score (nSPS) is 16.4.